The van der Waals surface area contributed by atoms with Crippen molar-refractivity contribution in [3.05, 3.63) is 136 Å². The fourth-order valence-corrected chi connectivity index (χ4v) is 5.16. The maximum absolute atomic E-state index is 12.1. The van der Waals surface area contributed by atoms with Gasteiger partial charge in [0.05, 0.1) is 30.7 Å². The molecule has 0 saturated heterocycles. The lowest BCUT2D eigenvalue weighted by atomic mass is 10.1. The van der Waals surface area contributed by atoms with Crippen molar-refractivity contribution in [2.75, 3.05) is 14.2 Å². The largest absolute Gasteiger partial charge is 0.618 e. The molecule has 0 atom stereocenters. The van der Waals surface area contributed by atoms with Crippen molar-refractivity contribution in [2.24, 2.45) is 0 Å². The maximum Gasteiger partial charge on any atom is 0.234 e. The minimum atomic E-state index is 0.409. The molecule has 0 aliphatic heterocycles. The van der Waals surface area contributed by atoms with E-state index in [-0.39, 0.29) is 0 Å². The number of ether oxygens (including phenoxy) is 4. The molecule has 2 aromatic heterocycles. The standard InChI is InChI=1S/C18H16ClNO2.C18H17NO3/c1-12-15(21-2)9-8-14-16(10-17(19)20-18(12)14)22-11-13-6-4-3-5-7-13;1-13-16(21-2)9-8-15-17(10-11-19(20)18(13)15)22-12-14-6-4-3-5-7-14/h3-10H,11H2,1-2H3;3-11H,12H2,1-2H3. The summed E-state index contributed by atoms with van der Waals surface area (Å²) in [7, 11) is 3.24. The molecule has 6 rings (SSSR count). The molecule has 0 saturated carbocycles. The number of methoxy groups -OCH3 is 2. The lowest BCUT2D eigenvalue weighted by Crippen LogP contribution is -2.27. The first-order valence-electron chi connectivity index (χ1n) is 14.1. The van der Waals surface area contributed by atoms with Gasteiger partial charge >= 0.3 is 0 Å². The summed E-state index contributed by atoms with van der Waals surface area (Å²) in [6.07, 6.45) is 1.47. The second kappa shape index (κ2) is 14.0. The first-order valence-corrected chi connectivity index (χ1v) is 14.4. The number of hydrogen-bond acceptors (Lipinski definition) is 6. The van der Waals surface area contributed by atoms with Gasteiger partial charge in [0.25, 0.3) is 0 Å². The molecular formula is C36H33ClN2O5. The molecule has 8 heteroatoms. The van der Waals surface area contributed by atoms with E-state index in [1.165, 1.54) is 6.20 Å². The average molecular weight is 609 g/mol. The van der Waals surface area contributed by atoms with E-state index in [1.54, 1.807) is 26.4 Å². The summed E-state index contributed by atoms with van der Waals surface area (Å²) < 4.78 is 23.3. The zero-order chi connectivity index (χ0) is 31.1. The first kappa shape index (κ1) is 30.4. The van der Waals surface area contributed by atoms with Crippen LogP contribution >= 0.6 is 11.6 Å². The van der Waals surface area contributed by atoms with Gasteiger partial charge in [-0.15, -0.1) is 0 Å². The van der Waals surface area contributed by atoms with Gasteiger partial charge in [-0.2, -0.15) is 4.73 Å². The Bertz CT molecular complexity index is 1880. The second-order valence-corrected chi connectivity index (χ2v) is 10.5. The van der Waals surface area contributed by atoms with E-state index in [2.05, 4.69) is 4.98 Å². The fraction of sp³-hybridized carbons (Fsp3) is 0.167. The van der Waals surface area contributed by atoms with E-state index in [9.17, 15) is 5.21 Å². The van der Waals surface area contributed by atoms with Crippen LogP contribution in [0.15, 0.2) is 103 Å². The fourth-order valence-electron chi connectivity index (χ4n) is 4.97. The molecule has 44 heavy (non-hydrogen) atoms. The van der Waals surface area contributed by atoms with Gasteiger partial charge in [0.2, 0.25) is 5.52 Å². The van der Waals surface area contributed by atoms with E-state index in [1.807, 2.05) is 98.8 Å². The van der Waals surface area contributed by atoms with Gasteiger partial charge in [0.1, 0.15) is 41.4 Å². The van der Waals surface area contributed by atoms with Gasteiger partial charge in [0, 0.05) is 23.1 Å². The molecule has 7 nitrogen and oxygen atoms in total. The molecule has 0 radical (unpaired) electrons. The summed E-state index contributed by atoms with van der Waals surface area (Å²) >= 11 is 6.14. The smallest absolute Gasteiger partial charge is 0.234 e. The molecule has 4 aromatic carbocycles. The monoisotopic (exact) mass is 608 g/mol. The van der Waals surface area contributed by atoms with Crippen LogP contribution in [0.4, 0.5) is 0 Å². The lowest BCUT2D eigenvalue weighted by Gasteiger charge is -2.13. The van der Waals surface area contributed by atoms with Crippen LogP contribution in [0.2, 0.25) is 5.15 Å². The van der Waals surface area contributed by atoms with Gasteiger partial charge in [-0.1, -0.05) is 72.3 Å². The second-order valence-electron chi connectivity index (χ2n) is 10.1. The molecule has 2 heterocycles. The summed E-state index contributed by atoms with van der Waals surface area (Å²) in [5, 5.41) is 14.2. The number of halogens is 1. The molecule has 0 aliphatic rings. The van der Waals surface area contributed by atoms with Crippen LogP contribution in [0.1, 0.15) is 22.3 Å². The summed E-state index contributed by atoms with van der Waals surface area (Å²) in [4.78, 5) is 4.40. The van der Waals surface area contributed by atoms with Crippen LogP contribution in [0.3, 0.4) is 0 Å². The molecule has 0 fully saturated rings. The highest BCUT2D eigenvalue weighted by Crippen LogP contribution is 2.34. The third kappa shape index (κ3) is 6.79. The summed E-state index contributed by atoms with van der Waals surface area (Å²) in [5.41, 5.74) is 5.32. The number of hydrogen-bond donors (Lipinski definition) is 0. The SMILES string of the molecule is COc1ccc2c(OCc3ccccc3)cc(Cl)nc2c1C.COc1ccc2c(OCc3ccccc3)cc[n+]([O-])c2c1C. The van der Waals surface area contributed by atoms with Crippen molar-refractivity contribution in [1.29, 1.82) is 0 Å². The quantitative estimate of drug-likeness (QED) is 0.0986. The number of nitrogens with zero attached hydrogens (tertiary/aromatic N) is 2. The topological polar surface area (TPSA) is 76.8 Å². The van der Waals surface area contributed by atoms with Crippen LogP contribution in [0.25, 0.3) is 21.8 Å². The molecule has 0 N–H and O–H groups in total. The highest BCUT2D eigenvalue weighted by molar-refractivity contribution is 6.30. The minimum Gasteiger partial charge on any atom is -0.618 e. The minimum absolute atomic E-state index is 0.409. The van der Waals surface area contributed by atoms with Gasteiger partial charge in [-0.05, 0) is 49.2 Å². The van der Waals surface area contributed by atoms with Gasteiger partial charge in [-0.25, -0.2) is 4.98 Å². The number of benzene rings is 4. The Morgan fingerprint density at radius 1 is 0.659 bits per heavy atom. The third-order valence-corrected chi connectivity index (χ3v) is 7.45. The van der Waals surface area contributed by atoms with Gasteiger partial charge in [0.15, 0.2) is 6.20 Å². The Morgan fingerprint density at radius 2 is 1.20 bits per heavy atom. The number of pyridine rings is 2. The van der Waals surface area contributed by atoms with Crippen molar-refractivity contribution in [1.82, 2.24) is 4.98 Å². The zero-order valence-corrected chi connectivity index (χ0v) is 25.8. The maximum atomic E-state index is 12.1. The number of rotatable bonds is 8. The number of fused-ring (bicyclic) bond motifs is 2. The first-order chi connectivity index (χ1) is 21.4. The van der Waals surface area contributed by atoms with E-state index in [4.69, 9.17) is 30.5 Å². The Morgan fingerprint density at radius 3 is 1.80 bits per heavy atom. The van der Waals surface area contributed by atoms with Crippen molar-refractivity contribution >= 4 is 33.4 Å². The Kier molecular flexibility index (Phi) is 9.67. The van der Waals surface area contributed by atoms with Crippen LogP contribution in [0, 0.1) is 19.1 Å². The van der Waals surface area contributed by atoms with Crippen molar-refractivity contribution in [2.45, 2.75) is 27.1 Å². The van der Waals surface area contributed by atoms with Gasteiger partial charge < -0.3 is 24.2 Å². The Hall–Kier alpha value is -5.01. The van der Waals surface area contributed by atoms with E-state index >= 15 is 0 Å². The average Bonchev–Trinajstić information content (AvgIpc) is 3.05. The molecule has 0 bridgehead atoms. The summed E-state index contributed by atoms with van der Waals surface area (Å²) in [6.45, 7) is 4.78. The number of aryl methyl sites for hydroxylation is 2. The molecule has 0 amide bonds. The predicted octanol–water partition coefficient (Wildman–Crippen LogP) is 8.15. The third-order valence-electron chi connectivity index (χ3n) is 7.26. The highest BCUT2D eigenvalue weighted by atomic mass is 35.5. The zero-order valence-electron chi connectivity index (χ0n) is 25.0. The highest BCUT2D eigenvalue weighted by Gasteiger charge is 2.16. The molecule has 6 aromatic rings. The summed E-state index contributed by atoms with van der Waals surface area (Å²) in [6, 6.07) is 31.0. The molecule has 0 spiro atoms. The van der Waals surface area contributed by atoms with Crippen molar-refractivity contribution in [3.63, 3.8) is 0 Å². The van der Waals surface area contributed by atoms with E-state index < -0.39 is 0 Å². The Labute approximate surface area is 261 Å². The van der Waals surface area contributed by atoms with Gasteiger partial charge in [-0.3, -0.25) is 0 Å². The normalized spacial score (nSPS) is 10.7. The van der Waals surface area contributed by atoms with Crippen molar-refractivity contribution < 1.29 is 23.7 Å². The van der Waals surface area contributed by atoms with Crippen molar-refractivity contribution in [3.8, 4) is 23.0 Å². The molecule has 0 unspecified atom stereocenters. The van der Waals surface area contributed by atoms with Crippen LogP contribution < -0.4 is 23.7 Å². The van der Waals surface area contributed by atoms with Crippen LogP contribution in [-0.2, 0) is 13.2 Å². The summed E-state index contributed by atoms with van der Waals surface area (Å²) in [5.74, 6) is 2.90. The molecule has 224 valence electrons. The molecular weight excluding hydrogens is 576 g/mol. The number of aromatic nitrogens is 2. The van der Waals surface area contributed by atoms with Crippen LogP contribution in [-0.4, -0.2) is 19.2 Å². The van der Waals surface area contributed by atoms with E-state index in [0.29, 0.717) is 35.4 Å². The lowest BCUT2D eigenvalue weighted by molar-refractivity contribution is -0.577. The van der Waals surface area contributed by atoms with E-state index in [0.717, 1.165) is 54.8 Å². The van der Waals surface area contributed by atoms with Crippen LogP contribution in [0.5, 0.6) is 23.0 Å². The predicted molar refractivity (Wildman–Crippen MR) is 174 cm³/mol. The Balaban J connectivity index is 0.000000175. The molecule has 0 aliphatic carbocycles.